The number of nitrogens with zero attached hydrogens (tertiary/aromatic N) is 10. The van der Waals surface area contributed by atoms with Crippen molar-refractivity contribution in [3.63, 3.8) is 0 Å². The number of aliphatic hydroxyl groups is 4. The van der Waals surface area contributed by atoms with Gasteiger partial charge in [0.25, 0.3) is 0 Å². The Kier molecular flexibility index (Phi) is 11.9. The molecule has 0 saturated carbocycles. The van der Waals surface area contributed by atoms with Crippen LogP contribution in [0.3, 0.4) is 0 Å². The number of benzene rings is 1. The minimum absolute atomic E-state index is 0.0802. The number of ether oxygens (including phenoxy) is 2. The number of phosphoric acid groups is 1. The van der Waals surface area contributed by atoms with E-state index in [9.17, 15) is 52.6 Å². The minimum Gasteiger partial charge on any atom is -0.404 e. The number of rotatable bonds is 13. The molecule has 2 aliphatic rings. The molecule has 0 bridgehead atoms. The van der Waals surface area contributed by atoms with Gasteiger partial charge in [-0.3, -0.25) is 9.13 Å². The van der Waals surface area contributed by atoms with E-state index in [-0.39, 0.29) is 25.4 Å². The molecule has 2 fully saturated rings. The molecular weight excluding hydrogens is 783 g/mol. The first-order valence-electron chi connectivity index (χ1n) is 15.6. The molecule has 296 valence electrons. The Balaban J connectivity index is 1.42. The molecule has 4 N–H and O–H groups in total. The average molecular weight is 815 g/mol. The zero-order valence-corrected chi connectivity index (χ0v) is 30.2. The van der Waals surface area contributed by atoms with Crippen LogP contribution in [0.4, 0.5) is 0 Å². The molecule has 0 spiro atoms. The molecule has 3 aromatic rings. The van der Waals surface area contributed by atoms with Gasteiger partial charge in [0, 0.05) is 31.5 Å². The summed E-state index contributed by atoms with van der Waals surface area (Å²) in [5.74, 6) is -0.406. The summed E-state index contributed by atoms with van der Waals surface area (Å²) in [7, 11) is -9.11. The monoisotopic (exact) mass is 814 g/mol. The van der Waals surface area contributed by atoms with Crippen LogP contribution in [0.1, 0.15) is 36.4 Å². The normalized spacial score (nSPS) is 24.6. The Morgan fingerprint density at radius 1 is 0.818 bits per heavy atom. The summed E-state index contributed by atoms with van der Waals surface area (Å²) >= 11 is 0. The Morgan fingerprint density at radius 3 is 1.58 bits per heavy atom. The first-order valence-corrected chi connectivity index (χ1v) is 18.9. The molecule has 26 nitrogen and oxygen atoms in total. The first-order chi connectivity index (χ1) is 25.8. The summed E-state index contributed by atoms with van der Waals surface area (Å²) < 4.78 is 66.9. The fourth-order valence-corrected chi connectivity index (χ4v) is 7.47. The van der Waals surface area contributed by atoms with Crippen LogP contribution in [-0.4, -0.2) is 90.6 Å². The predicted molar refractivity (Wildman–Crippen MR) is 180 cm³/mol. The number of aromatic nitrogens is 4. The quantitative estimate of drug-likeness (QED) is 0.0548. The highest BCUT2D eigenvalue weighted by molar-refractivity contribution is 7.90. The second kappa shape index (κ2) is 15.9. The molecule has 2 unspecified atom stereocenters. The third-order valence-corrected chi connectivity index (χ3v) is 10.7. The molecule has 0 aliphatic carbocycles. The van der Waals surface area contributed by atoms with Crippen LogP contribution in [0.2, 0.25) is 0 Å². The van der Waals surface area contributed by atoms with Crippen LogP contribution in [0.5, 0.6) is 5.75 Å². The maximum absolute atomic E-state index is 14.2. The second-order valence-electron chi connectivity index (χ2n) is 12.1. The lowest BCUT2D eigenvalue weighted by Gasteiger charge is -2.28. The molecular formula is C27H31N10O16PS. The molecule has 0 radical (unpaired) electrons. The van der Waals surface area contributed by atoms with Gasteiger partial charge in [-0.05, 0) is 48.6 Å². The van der Waals surface area contributed by atoms with Gasteiger partial charge in [0.15, 0.2) is 22.4 Å². The average Bonchev–Trinajstić information content (AvgIpc) is 3.70. The van der Waals surface area contributed by atoms with Crippen molar-refractivity contribution in [3.8, 4) is 5.75 Å². The topological polar surface area (TPSA) is 364 Å². The van der Waals surface area contributed by atoms with E-state index in [1.807, 2.05) is 0 Å². The highest BCUT2D eigenvalue weighted by Gasteiger charge is 2.49. The molecule has 2 saturated heterocycles. The Labute approximate surface area is 306 Å². The van der Waals surface area contributed by atoms with E-state index >= 15 is 0 Å². The summed E-state index contributed by atoms with van der Waals surface area (Å²) in [6.07, 6.45) is -12.8. The van der Waals surface area contributed by atoms with Crippen LogP contribution in [0, 0.1) is 13.8 Å². The number of hydrogen-bond donors (Lipinski definition) is 4. The third-order valence-electron chi connectivity index (χ3n) is 8.19. The molecule has 1 aromatic carbocycles. The van der Waals surface area contributed by atoms with Gasteiger partial charge in [-0.25, -0.2) is 41.2 Å². The van der Waals surface area contributed by atoms with Crippen LogP contribution in [0.15, 0.2) is 71.2 Å². The number of phosphoric ester groups is 1. The number of aryl methyl sites for hydroxylation is 2. The van der Waals surface area contributed by atoms with Gasteiger partial charge in [-0.15, -0.1) is 11.1 Å². The first kappa shape index (κ1) is 41.0. The summed E-state index contributed by atoms with van der Waals surface area (Å²) in [6, 6.07) is 4.14. The standard InChI is InChI=1S/C27H31N10O16PS/c1-12-10-34(26(44)36(22(12)40)32-30-28)18-8-16(38)20(49-18)24(42)52-54(46,51-14-4-6-15(7-5-14)55(3,47)48)53-25(43)21-17(39)9-19(50-21)35-11-13(2)23(41)37(27(35)45)33-31-29/h4-7,10-11,16-21,24-25,38-39,42-43H,8-9H2,1-3H3/t16-,17-,18+,19+,20-,21-,24?,25?,54?/m0/s1. The van der Waals surface area contributed by atoms with E-state index in [0.717, 1.165) is 52.0 Å². The Morgan fingerprint density at radius 2 is 1.22 bits per heavy atom. The summed E-state index contributed by atoms with van der Waals surface area (Å²) in [5, 5.41) is 49.7. The predicted octanol–water partition coefficient (Wildman–Crippen LogP) is -0.645. The van der Waals surface area contributed by atoms with Crippen molar-refractivity contribution in [2.75, 3.05) is 6.26 Å². The van der Waals surface area contributed by atoms with Crippen molar-refractivity contribution >= 4 is 17.7 Å². The summed E-state index contributed by atoms with van der Waals surface area (Å²) in [5.41, 5.74) is 13.1. The van der Waals surface area contributed by atoms with Gasteiger partial charge in [0.2, 0.25) is 0 Å². The molecule has 28 heteroatoms. The summed E-state index contributed by atoms with van der Waals surface area (Å²) in [4.78, 5) is 55.0. The minimum atomic E-state index is -5.40. The summed E-state index contributed by atoms with van der Waals surface area (Å²) in [6.45, 7) is 2.57. The Hall–Kier alpha value is -5.14. The van der Waals surface area contributed by atoms with Crippen molar-refractivity contribution in [3.05, 3.63) is 110 Å². The Bertz CT molecular complexity index is 2350. The van der Waals surface area contributed by atoms with Crippen molar-refractivity contribution in [1.29, 1.82) is 0 Å². The van der Waals surface area contributed by atoms with Gasteiger partial charge < -0.3 is 34.4 Å². The van der Waals surface area contributed by atoms with Crippen LogP contribution in [-0.2, 0) is 32.9 Å². The fourth-order valence-electron chi connectivity index (χ4n) is 5.55. The van der Waals surface area contributed by atoms with Crippen molar-refractivity contribution in [2.24, 2.45) is 10.4 Å². The molecule has 4 heterocycles. The highest BCUT2D eigenvalue weighted by Crippen LogP contribution is 2.53. The van der Waals surface area contributed by atoms with Gasteiger partial charge in [-0.2, -0.15) is 9.82 Å². The highest BCUT2D eigenvalue weighted by atomic mass is 32.2. The largest absolute Gasteiger partial charge is 0.534 e. The molecule has 55 heavy (non-hydrogen) atoms. The maximum Gasteiger partial charge on any atom is 0.534 e. The van der Waals surface area contributed by atoms with Crippen LogP contribution in [0.25, 0.3) is 20.9 Å². The van der Waals surface area contributed by atoms with Crippen molar-refractivity contribution < 1.29 is 56.5 Å². The van der Waals surface area contributed by atoms with E-state index in [2.05, 4.69) is 20.3 Å². The molecule has 0 amide bonds. The number of azide groups is 2. The van der Waals surface area contributed by atoms with E-state index < -0.39 is 108 Å². The van der Waals surface area contributed by atoms with E-state index in [4.69, 9.17) is 34.1 Å². The van der Waals surface area contributed by atoms with Crippen LogP contribution >= 0.6 is 7.82 Å². The number of sulfone groups is 1. The number of hydrogen-bond acceptors (Lipinski definition) is 18. The number of aliphatic hydroxyl groups excluding tert-OH is 4. The van der Waals surface area contributed by atoms with Gasteiger partial charge >= 0.3 is 30.3 Å². The van der Waals surface area contributed by atoms with E-state index in [1.165, 1.54) is 13.8 Å². The SMILES string of the molecule is Cc1cn([C@H]2C[C@H](O)[C@@H](C(O)OP(=O)(Oc3ccc(S(C)(=O)=O)cc3)OC(O)[C@H]3O[C@@H](n4cc(C)c(=O)n(N=[N+]=[N-])c4=O)C[C@@H]3O)O2)c(=O)n(N=[N+]=[N-])c1=O. The lowest BCUT2D eigenvalue weighted by Crippen LogP contribution is -2.41. The van der Waals surface area contributed by atoms with E-state index in [1.54, 1.807) is 0 Å². The molecule has 2 aliphatic heterocycles. The van der Waals surface area contributed by atoms with Gasteiger partial charge in [0.05, 0.1) is 28.2 Å². The molecule has 8 atom stereocenters. The zero-order valence-electron chi connectivity index (χ0n) is 28.5. The van der Waals surface area contributed by atoms with Gasteiger partial charge in [-0.1, -0.05) is 9.35 Å². The van der Waals surface area contributed by atoms with Crippen LogP contribution < -0.4 is 27.0 Å². The molecule has 2 aromatic heterocycles. The fraction of sp³-hybridized carbons (Fsp3) is 0.481. The maximum atomic E-state index is 14.2. The van der Waals surface area contributed by atoms with E-state index in [0.29, 0.717) is 0 Å². The van der Waals surface area contributed by atoms with Crippen molar-refractivity contribution in [2.45, 2.75) is 81.0 Å². The smallest absolute Gasteiger partial charge is 0.404 e. The lowest BCUT2D eigenvalue weighted by atomic mass is 10.2. The molecule has 5 rings (SSSR count). The zero-order chi connectivity index (χ0) is 40.6. The second-order valence-corrected chi connectivity index (χ2v) is 15.6. The third kappa shape index (κ3) is 8.57. The van der Waals surface area contributed by atoms with Gasteiger partial charge in [0.1, 0.15) is 30.4 Å². The lowest BCUT2D eigenvalue weighted by molar-refractivity contribution is -0.186. The van der Waals surface area contributed by atoms with Crippen molar-refractivity contribution in [1.82, 2.24) is 18.5 Å².